The van der Waals surface area contributed by atoms with Gasteiger partial charge in [0.15, 0.2) is 0 Å². The van der Waals surface area contributed by atoms with E-state index in [1.165, 1.54) is 12.1 Å². The molecule has 1 aromatic carbocycles. The summed E-state index contributed by atoms with van der Waals surface area (Å²) in [6.45, 7) is 4.49. The number of likely N-dealkylation sites (tertiary alicyclic amines) is 1. The van der Waals surface area contributed by atoms with Gasteiger partial charge in [0, 0.05) is 37.9 Å². The molecule has 7 nitrogen and oxygen atoms in total. The molecule has 0 aliphatic carbocycles. The average Bonchev–Trinajstić information content (AvgIpc) is 2.64. The number of amides is 3. The van der Waals surface area contributed by atoms with Gasteiger partial charge in [-0.15, -0.1) is 0 Å². The summed E-state index contributed by atoms with van der Waals surface area (Å²) in [5.41, 5.74) is 0.427. The van der Waals surface area contributed by atoms with Crippen molar-refractivity contribution in [3.63, 3.8) is 0 Å². The van der Waals surface area contributed by atoms with Gasteiger partial charge in [-0.25, -0.2) is 9.18 Å². The number of nitrogens with zero attached hydrogens (tertiary/aromatic N) is 2. The quantitative estimate of drug-likeness (QED) is 0.844. The van der Waals surface area contributed by atoms with Crippen LogP contribution in [0.5, 0.6) is 0 Å². The van der Waals surface area contributed by atoms with Crippen LogP contribution >= 0.6 is 0 Å². The van der Waals surface area contributed by atoms with Crippen molar-refractivity contribution in [2.45, 2.75) is 18.9 Å². The Morgan fingerprint density at radius 2 is 1.88 bits per heavy atom. The number of ether oxygens (including phenoxy) is 1. The fourth-order valence-corrected chi connectivity index (χ4v) is 3.26. The summed E-state index contributed by atoms with van der Waals surface area (Å²) in [5, 5.41) is 5.55. The Morgan fingerprint density at radius 3 is 2.58 bits per heavy atom. The lowest BCUT2D eigenvalue weighted by molar-refractivity contribution is -0.136. The lowest BCUT2D eigenvalue weighted by Gasteiger charge is -2.34. The summed E-state index contributed by atoms with van der Waals surface area (Å²) in [4.78, 5) is 28.3. The van der Waals surface area contributed by atoms with Gasteiger partial charge in [0.25, 0.3) is 0 Å². The fourth-order valence-electron chi connectivity index (χ4n) is 3.26. The minimum atomic E-state index is -0.388. The van der Waals surface area contributed by atoms with E-state index in [4.69, 9.17) is 4.74 Å². The molecule has 2 aliphatic heterocycles. The molecule has 8 heteroatoms. The predicted octanol–water partition coefficient (Wildman–Crippen LogP) is 1.27. The third kappa shape index (κ3) is 5.40. The second-order valence-corrected chi connectivity index (χ2v) is 6.65. The molecule has 2 heterocycles. The Labute approximate surface area is 152 Å². The van der Waals surface area contributed by atoms with Crippen molar-refractivity contribution in [2.24, 2.45) is 0 Å². The zero-order valence-electron chi connectivity index (χ0n) is 14.7. The highest BCUT2D eigenvalue weighted by Gasteiger charge is 2.24. The maximum absolute atomic E-state index is 13.1. The second-order valence-electron chi connectivity index (χ2n) is 6.65. The highest BCUT2D eigenvalue weighted by Crippen LogP contribution is 2.12. The van der Waals surface area contributed by atoms with E-state index in [2.05, 4.69) is 15.5 Å². The monoisotopic (exact) mass is 364 g/mol. The van der Waals surface area contributed by atoms with E-state index in [0.29, 0.717) is 38.5 Å². The number of anilines is 1. The van der Waals surface area contributed by atoms with Gasteiger partial charge < -0.3 is 20.3 Å². The number of carbonyl (C=O) groups is 2. The third-order valence-electron chi connectivity index (χ3n) is 4.73. The highest BCUT2D eigenvalue weighted by molar-refractivity contribution is 5.89. The molecule has 3 rings (SSSR count). The van der Waals surface area contributed by atoms with Gasteiger partial charge in [0.1, 0.15) is 5.82 Å². The number of hydrogen-bond donors (Lipinski definition) is 2. The van der Waals surface area contributed by atoms with Crippen LogP contribution in [-0.2, 0) is 9.53 Å². The maximum atomic E-state index is 13.1. The van der Waals surface area contributed by atoms with Gasteiger partial charge in [-0.2, -0.15) is 0 Å². The smallest absolute Gasteiger partial charge is 0.319 e. The van der Waals surface area contributed by atoms with Crippen LogP contribution < -0.4 is 10.6 Å². The van der Waals surface area contributed by atoms with E-state index in [-0.39, 0.29) is 23.8 Å². The molecule has 0 unspecified atom stereocenters. The van der Waals surface area contributed by atoms with Crippen molar-refractivity contribution in [3.8, 4) is 0 Å². The van der Waals surface area contributed by atoms with Crippen molar-refractivity contribution < 1.29 is 18.7 Å². The first-order valence-electron chi connectivity index (χ1n) is 9.01. The summed E-state index contributed by atoms with van der Waals surface area (Å²) in [5.74, 6) is -0.246. The number of urea groups is 1. The zero-order valence-corrected chi connectivity index (χ0v) is 14.7. The highest BCUT2D eigenvalue weighted by atomic mass is 19.1. The van der Waals surface area contributed by atoms with E-state index in [9.17, 15) is 14.0 Å². The van der Waals surface area contributed by atoms with Crippen LogP contribution in [0, 0.1) is 5.82 Å². The normalized spacial score (nSPS) is 19.2. The van der Waals surface area contributed by atoms with E-state index >= 15 is 0 Å². The SMILES string of the molecule is O=C(Nc1cccc(F)c1)NC1CCN(CC(=O)N2CCOCC2)CC1. The van der Waals surface area contributed by atoms with Crippen LogP contribution in [0.25, 0.3) is 0 Å². The third-order valence-corrected chi connectivity index (χ3v) is 4.73. The second kappa shape index (κ2) is 8.95. The van der Waals surface area contributed by atoms with Crippen LogP contribution in [0.4, 0.5) is 14.9 Å². The number of piperidine rings is 1. The number of halogens is 1. The molecule has 26 heavy (non-hydrogen) atoms. The van der Waals surface area contributed by atoms with Crippen LogP contribution in [0.2, 0.25) is 0 Å². The molecule has 0 radical (unpaired) electrons. The molecule has 0 atom stereocenters. The number of nitrogens with one attached hydrogen (secondary N) is 2. The molecule has 0 spiro atoms. The Morgan fingerprint density at radius 1 is 1.15 bits per heavy atom. The maximum Gasteiger partial charge on any atom is 0.319 e. The lowest BCUT2D eigenvalue weighted by atomic mass is 10.1. The van der Waals surface area contributed by atoms with Gasteiger partial charge in [-0.05, 0) is 31.0 Å². The number of hydrogen-bond acceptors (Lipinski definition) is 4. The molecular formula is C18H25FN4O3. The van der Waals surface area contributed by atoms with E-state index in [1.807, 2.05) is 4.90 Å². The summed E-state index contributed by atoms with van der Waals surface area (Å²) in [6.07, 6.45) is 1.57. The van der Waals surface area contributed by atoms with Gasteiger partial charge >= 0.3 is 6.03 Å². The van der Waals surface area contributed by atoms with Crippen LogP contribution in [-0.4, -0.2) is 73.7 Å². The number of morpholine rings is 1. The largest absolute Gasteiger partial charge is 0.378 e. The Bertz CT molecular complexity index is 629. The van der Waals surface area contributed by atoms with E-state index < -0.39 is 0 Å². The van der Waals surface area contributed by atoms with Crippen LogP contribution in [0.15, 0.2) is 24.3 Å². The summed E-state index contributed by atoms with van der Waals surface area (Å²) in [7, 11) is 0. The lowest BCUT2D eigenvalue weighted by Crippen LogP contribution is -2.50. The molecule has 2 aliphatic rings. The molecule has 0 bridgehead atoms. The Hall–Kier alpha value is -2.19. The molecule has 0 aromatic heterocycles. The van der Waals surface area contributed by atoms with E-state index in [0.717, 1.165) is 25.9 Å². The summed E-state index contributed by atoms with van der Waals surface area (Å²) >= 11 is 0. The number of carbonyl (C=O) groups excluding carboxylic acids is 2. The van der Waals surface area contributed by atoms with Crippen molar-refractivity contribution >= 4 is 17.6 Å². The van der Waals surface area contributed by atoms with Gasteiger partial charge in [0.2, 0.25) is 5.91 Å². The standard InChI is InChI=1S/C18H25FN4O3/c19-14-2-1-3-16(12-14)21-18(25)20-15-4-6-22(7-5-15)13-17(24)23-8-10-26-11-9-23/h1-3,12,15H,4-11,13H2,(H2,20,21,25). The Kier molecular flexibility index (Phi) is 6.40. The van der Waals surface area contributed by atoms with Crippen molar-refractivity contribution in [3.05, 3.63) is 30.1 Å². The first-order valence-corrected chi connectivity index (χ1v) is 9.01. The predicted molar refractivity (Wildman–Crippen MR) is 95.4 cm³/mol. The first kappa shape index (κ1) is 18.6. The molecule has 1 aromatic rings. The first-order chi connectivity index (χ1) is 12.6. The average molecular weight is 364 g/mol. The zero-order chi connectivity index (χ0) is 18.4. The van der Waals surface area contributed by atoms with Gasteiger partial charge in [-0.3, -0.25) is 9.69 Å². The summed E-state index contributed by atoms with van der Waals surface area (Å²) in [6, 6.07) is 5.52. The Balaban J connectivity index is 1.38. The van der Waals surface area contributed by atoms with Gasteiger partial charge in [0.05, 0.1) is 19.8 Å². The minimum Gasteiger partial charge on any atom is -0.378 e. The topological polar surface area (TPSA) is 73.9 Å². The molecule has 2 saturated heterocycles. The molecule has 3 amide bonds. The number of rotatable bonds is 4. The molecule has 142 valence electrons. The van der Waals surface area contributed by atoms with Crippen molar-refractivity contribution in [2.75, 3.05) is 51.3 Å². The summed E-state index contributed by atoms with van der Waals surface area (Å²) < 4.78 is 18.4. The van der Waals surface area contributed by atoms with Crippen LogP contribution in [0.1, 0.15) is 12.8 Å². The van der Waals surface area contributed by atoms with Crippen LogP contribution in [0.3, 0.4) is 0 Å². The van der Waals surface area contributed by atoms with Gasteiger partial charge in [-0.1, -0.05) is 6.07 Å². The fraction of sp³-hybridized carbons (Fsp3) is 0.556. The molecule has 2 N–H and O–H groups in total. The molecule has 2 fully saturated rings. The minimum absolute atomic E-state index is 0.0540. The van der Waals surface area contributed by atoms with Crippen molar-refractivity contribution in [1.82, 2.24) is 15.1 Å². The number of benzene rings is 1. The molecule has 0 saturated carbocycles. The van der Waals surface area contributed by atoms with E-state index in [1.54, 1.807) is 12.1 Å². The molecular weight excluding hydrogens is 339 g/mol. The van der Waals surface area contributed by atoms with Crippen molar-refractivity contribution in [1.29, 1.82) is 0 Å².